The Morgan fingerprint density at radius 3 is 2.42 bits per heavy atom. The summed E-state index contributed by atoms with van der Waals surface area (Å²) in [5, 5.41) is -0.612. The lowest BCUT2D eigenvalue weighted by Gasteiger charge is -2.24. The van der Waals surface area contributed by atoms with Crippen LogP contribution in [0.15, 0.2) is 18.2 Å². The van der Waals surface area contributed by atoms with Crippen molar-refractivity contribution in [2.75, 3.05) is 4.90 Å². The van der Waals surface area contributed by atoms with E-state index in [4.69, 9.17) is 11.6 Å². The number of benzene rings is 1. The van der Waals surface area contributed by atoms with Crippen LogP contribution in [0, 0.1) is 26.6 Å². The zero-order valence-electron chi connectivity index (χ0n) is 13.8. The first-order valence-electron chi connectivity index (χ1n) is 7.55. The number of nitrogens with zero attached hydrogens (tertiary/aromatic N) is 3. The number of carbonyl (C=O) groups is 1. The summed E-state index contributed by atoms with van der Waals surface area (Å²) in [7, 11) is 0. The van der Waals surface area contributed by atoms with E-state index in [9.17, 15) is 9.18 Å². The van der Waals surface area contributed by atoms with Crippen LogP contribution in [0.2, 0.25) is 5.02 Å². The molecule has 1 aliphatic heterocycles. The molecule has 2 unspecified atom stereocenters. The number of aromatic nitrogens is 2. The van der Waals surface area contributed by atoms with E-state index in [-0.39, 0.29) is 11.2 Å². The summed E-state index contributed by atoms with van der Waals surface area (Å²) in [6.45, 7) is 7.47. The van der Waals surface area contributed by atoms with Gasteiger partial charge in [-0.1, -0.05) is 17.7 Å². The van der Waals surface area contributed by atoms with E-state index in [2.05, 4.69) is 9.97 Å². The summed E-state index contributed by atoms with van der Waals surface area (Å²) >= 11 is 7.56. The minimum Gasteiger partial charge on any atom is -0.273 e. The van der Waals surface area contributed by atoms with Gasteiger partial charge in [-0.05, 0) is 45.4 Å². The molecule has 2 atom stereocenters. The second-order valence-electron chi connectivity index (χ2n) is 5.79. The smallest absolute Gasteiger partial charge is 0.243 e. The Kier molecular flexibility index (Phi) is 4.53. The lowest BCUT2D eigenvalue weighted by molar-refractivity contribution is -0.117. The number of carbonyl (C=O) groups excluding carboxylic acids is 1. The molecule has 7 heteroatoms. The number of anilines is 1. The summed E-state index contributed by atoms with van der Waals surface area (Å²) in [5.41, 5.74) is 2.87. The van der Waals surface area contributed by atoms with Crippen molar-refractivity contribution in [3.05, 3.63) is 51.6 Å². The maximum atomic E-state index is 14.4. The Hall–Kier alpha value is -1.66. The molecule has 3 rings (SSSR count). The largest absolute Gasteiger partial charge is 0.273 e. The Morgan fingerprint density at radius 1 is 1.21 bits per heavy atom. The van der Waals surface area contributed by atoms with Crippen molar-refractivity contribution >= 4 is 35.2 Å². The van der Waals surface area contributed by atoms with Crippen LogP contribution in [0.3, 0.4) is 0 Å². The molecule has 1 aromatic heterocycles. The van der Waals surface area contributed by atoms with Gasteiger partial charge in [-0.3, -0.25) is 9.69 Å². The number of thioether (sulfide) groups is 1. The molecule has 1 saturated heterocycles. The van der Waals surface area contributed by atoms with Crippen LogP contribution in [-0.2, 0) is 4.79 Å². The topological polar surface area (TPSA) is 46.1 Å². The van der Waals surface area contributed by atoms with E-state index in [1.165, 1.54) is 22.7 Å². The quantitative estimate of drug-likeness (QED) is 0.793. The molecule has 1 amide bonds. The van der Waals surface area contributed by atoms with Gasteiger partial charge in [-0.15, -0.1) is 11.8 Å². The molecule has 0 bridgehead atoms. The van der Waals surface area contributed by atoms with Crippen LogP contribution in [0.1, 0.15) is 34.8 Å². The molecule has 1 fully saturated rings. The minimum absolute atomic E-state index is 0.146. The third-order valence-electron chi connectivity index (χ3n) is 4.24. The highest BCUT2D eigenvalue weighted by Gasteiger charge is 2.43. The van der Waals surface area contributed by atoms with Crippen molar-refractivity contribution < 1.29 is 9.18 Å². The Balaban J connectivity index is 2.15. The second-order valence-corrected chi connectivity index (χ2v) is 7.63. The maximum Gasteiger partial charge on any atom is 0.243 e. The molecular formula is C17H17ClFN3OS. The Labute approximate surface area is 149 Å². The van der Waals surface area contributed by atoms with Gasteiger partial charge < -0.3 is 0 Å². The fraction of sp³-hybridized carbons (Fsp3) is 0.353. The van der Waals surface area contributed by atoms with Crippen molar-refractivity contribution in [1.29, 1.82) is 0 Å². The standard InChI is InChI=1S/C17H17ClFN3OS/c1-8-9(2)20-17(21-10(8)3)22-15(23)11(4)24-16(22)14-12(18)6-5-7-13(14)19/h5-7,11,16H,1-4H3. The lowest BCUT2D eigenvalue weighted by atomic mass is 10.2. The molecule has 0 saturated carbocycles. The van der Waals surface area contributed by atoms with Gasteiger partial charge >= 0.3 is 0 Å². The molecule has 2 aromatic rings. The first kappa shape index (κ1) is 17.2. The maximum absolute atomic E-state index is 14.4. The zero-order valence-corrected chi connectivity index (χ0v) is 15.4. The summed E-state index contributed by atoms with van der Waals surface area (Å²) in [4.78, 5) is 23.0. The third kappa shape index (κ3) is 2.78. The normalized spacial score (nSPS) is 20.8. The van der Waals surface area contributed by atoms with Crippen LogP contribution in [0.25, 0.3) is 0 Å². The summed E-state index contributed by atoms with van der Waals surface area (Å²) in [6, 6.07) is 4.52. The molecule has 1 aromatic carbocycles. The average molecular weight is 366 g/mol. The monoisotopic (exact) mass is 365 g/mol. The molecule has 0 aliphatic carbocycles. The highest BCUT2D eigenvalue weighted by Crippen LogP contribution is 2.47. The highest BCUT2D eigenvalue weighted by molar-refractivity contribution is 8.01. The molecule has 24 heavy (non-hydrogen) atoms. The van der Waals surface area contributed by atoms with E-state index in [0.717, 1.165) is 17.0 Å². The number of rotatable bonds is 2. The van der Waals surface area contributed by atoms with Gasteiger partial charge in [0.05, 0.1) is 5.25 Å². The minimum atomic E-state index is -0.581. The molecule has 0 spiro atoms. The van der Waals surface area contributed by atoms with E-state index < -0.39 is 11.2 Å². The van der Waals surface area contributed by atoms with Crippen molar-refractivity contribution in [1.82, 2.24) is 9.97 Å². The number of hydrogen-bond donors (Lipinski definition) is 0. The van der Waals surface area contributed by atoms with Gasteiger partial charge in [0.25, 0.3) is 0 Å². The van der Waals surface area contributed by atoms with Gasteiger partial charge in [0.1, 0.15) is 11.2 Å². The molecule has 126 valence electrons. The van der Waals surface area contributed by atoms with E-state index in [1.807, 2.05) is 20.8 Å². The first-order valence-corrected chi connectivity index (χ1v) is 8.87. The second kappa shape index (κ2) is 6.33. The van der Waals surface area contributed by atoms with Crippen LogP contribution in [-0.4, -0.2) is 21.1 Å². The van der Waals surface area contributed by atoms with Crippen molar-refractivity contribution in [2.45, 2.75) is 38.3 Å². The van der Waals surface area contributed by atoms with E-state index in [0.29, 0.717) is 16.5 Å². The molecule has 2 heterocycles. The van der Waals surface area contributed by atoms with Gasteiger partial charge in [0, 0.05) is 22.0 Å². The fourth-order valence-corrected chi connectivity index (χ4v) is 4.28. The molecule has 0 radical (unpaired) electrons. The predicted molar refractivity (Wildman–Crippen MR) is 94.9 cm³/mol. The van der Waals surface area contributed by atoms with E-state index >= 15 is 0 Å². The molecular weight excluding hydrogens is 349 g/mol. The first-order chi connectivity index (χ1) is 11.3. The fourth-order valence-electron chi connectivity index (χ4n) is 2.63. The zero-order chi connectivity index (χ0) is 17.6. The molecule has 4 nitrogen and oxygen atoms in total. The number of halogens is 2. The number of amides is 1. The van der Waals surface area contributed by atoms with Crippen molar-refractivity contribution in [2.24, 2.45) is 0 Å². The Bertz CT molecular complexity index is 786. The highest BCUT2D eigenvalue weighted by atomic mass is 35.5. The lowest BCUT2D eigenvalue weighted by Crippen LogP contribution is -2.32. The van der Waals surface area contributed by atoms with Crippen LogP contribution < -0.4 is 4.90 Å². The van der Waals surface area contributed by atoms with Gasteiger partial charge in [-0.2, -0.15) is 0 Å². The Morgan fingerprint density at radius 2 is 1.83 bits per heavy atom. The van der Waals surface area contributed by atoms with Gasteiger partial charge in [-0.25, -0.2) is 14.4 Å². The number of hydrogen-bond acceptors (Lipinski definition) is 4. The van der Waals surface area contributed by atoms with E-state index in [1.54, 1.807) is 19.1 Å². The third-order valence-corrected chi connectivity index (χ3v) is 5.88. The number of aryl methyl sites for hydroxylation is 2. The summed E-state index contributed by atoms with van der Waals surface area (Å²) in [5.74, 6) is -0.291. The van der Waals surface area contributed by atoms with Crippen molar-refractivity contribution in [3.8, 4) is 0 Å². The molecule has 0 N–H and O–H groups in total. The summed E-state index contributed by atoms with van der Waals surface area (Å²) < 4.78 is 14.4. The van der Waals surface area contributed by atoms with Crippen LogP contribution in [0.4, 0.5) is 10.3 Å². The predicted octanol–water partition coefficient (Wildman–Crippen LogP) is 4.36. The van der Waals surface area contributed by atoms with Gasteiger partial charge in [0.2, 0.25) is 11.9 Å². The SMILES string of the molecule is Cc1nc(N2C(=O)C(C)SC2c2c(F)cccc2Cl)nc(C)c1C. The van der Waals surface area contributed by atoms with Crippen LogP contribution in [0.5, 0.6) is 0 Å². The van der Waals surface area contributed by atoms with Crippen LogP contribution >= 0.6 is 23.4 Å². The molecule has 1 aliphatic rings. The summed E-state index contributed by atoms with van der Waals surface area (Å²) in [6.07, 6.45) is 0. The van der Waals surface area contributed by atoms with Crippen molar-refractivity contribution in [3.63, 3.8) is 0 Å². The van der Waals surface area contributed by atoms with Gasteiger partial charge in [0.15, 0.2) is 0 Å². The average Bonchev–Trinajstić information content (AvgIpc) is 2.79.